The molecule has 1 heterocycles. The first-order chi connectivity index (χ1) is 21.1. The number of ether oxygens (including phenoxy) is 3. The van der Waals surface area contributed by atoms with E-state index >= 15 is 0 Å². The topological polar surface area (TPSA) is 116 Å². The molecule has 9 heteroatoms. The molecule has 0 radical (unpaired) electrons. The van der Waals surface area contributed by atoms with E-state index in [1.54, 1.807) is 31.4 Å². The van der Waals surface area contributed by atoms with Crippen LogP contribution in [0.25, 0.3) is 22.1 Å². The van der Waals surface area contributed by atoms with E-state index in [4.69, 9.17) is 18.6 Å². The Morgan fingerprint density at radius 1 is 0.977 bits per heavy atom. The van der Waals surface area contributed by atoms with Gasteiger partial charge in [0, 0.05) is 29.0 Å². The lowest BCUT2D eigenvalue weighted by Crippen LogP contribution is -2.36. The van der Waals surface area contributed by atoms with E-state index in [9.17, 15) is 14.4 Å². The second kappa shape index (κ2) is 13.2. The van der Waals surface area contributed by atoms with Gasteiger partial charge in [-0.15, -0.1) is 0 Å². The standard InChI is InChI=1S/C35H38N2O7/c1-5-41-33(39)30(37-32(38)24-13-14-24)27-11-6-7-12-29(27)43-21-23-18-26-15-16-42-31(26)28(19-23)25-10-8-9-22(17-25)20-36-34(40)44-35(2,3)4/h6-12,15-19,24,30H,5,13-14,20-21H2,1-4H3,(H,36,40)(H,37,38)/t30-/m1/s1. The van der Waals surface area contributed by atoms with Crippen LogP contribution in [-0.4, -0.2) is 30.2 Å². The van der Waals surface area contributed by atoms with Crippen molar-refractivity contribution >= 4 is 28.9 Å². The van der Waals surface area contributed by atoms with Gasteiger partial charge >= 0.3 is 12.1 Å². The highest BCUT2D eigenvalue weighted by atomic mass is 16.6. The van der Waals surface area contributed by atoms with Gasteiger partial charge in [0.05, 0.1) is 12.9 Å². The molecular weight excluding hydrogens is 560 g/mol. The second-order valence-electron chi connectivity index (χ2n) is 11.8. The molecule has 1 saturated carbocycles. The molecular formula is C35H38N2O7. The van der Waals surface area contributed by atoms with E-state index in [0.717, 1.165) is 46.1 Å². The predicted molar refractivity (Wildman–Crippen MR) is 166 cm³/mol. The summed E-state index contributed by atoms with van der Waals surface area (Å²) in [5.41, 5.74) is 4.27. The molecule has 0 aliphatic heterocycles. The first kappa shape index (κ1) is 30.7. The van der Waals surface area contributed by atoms with Crippen LogP contribution in [0, 0.1) is 5.92 Å². The Balaban J connectivity index is 1.37. The third-order valence-electron chi connectivity index (χ3n) is 7.07. The number of carbonyl (C=O) groups excluding carboxylic acids is 3. The number of carbonyl (C=O) groups is 3. The molecule has 3 aromatic carbocycles. The molecule has 1 fully saturated rings. The van der Waals surface area contributed by atoms with Crippen molar-refractivity contribution in [1.82, 2.24) is 10.6 Å². The third-order valence-corrected chi connectivity index (χ3v) is 7.07. The number of nitrogens with one attached hydrogen (secondary N) is 2. The zero-order valence-electron chi connectivity index (χ0n) is 25.5. The lowest BCUT2D eigenvalue weighted by Gasteiger charge is -2.21. The Hall–Kier alpha value is -4.79. The summed E-state index contributed by atoms with van der Waals surface area (Å²) < 4.78 is 22.8. The average Bonchev–Trinajstić information content (AvgIpc) is 3.74. The van der Waals surface area contributed by atoms with Crippen LogP contribution >= 0.6 is 0 Å². The number of benzene rings is 3. The Labute approximate surface area is 256 Å². The van der Waals surface area contributed by atoms with E-state index < -0.39 is 23.7 Å². The number of hydrogen-bond donors (Lipinski definition) is 2. The zero-order valence-corrected chi connectivity index (χ0v) is 25.5. The van der Waals surface area contributed by atoms with Gasteiger partial charge in [0.25, 0.3) is 0 Å². The van der Waals surface area contributed by atoms with Crippen molar-refractivity contribution in [2.24, 2.45) is 5.92 Å². The monoisotopic (exact) mass is 598 g/mol. The van der Waals surface area contributed by atoms with E-state index in [1.165, 1.54) is 0 Å². The Kier molecular flexibility index (Phi) is 9.23. The Bertz CT molecular complexity index is 1650. The van der Waals surface area contributed by atoms with Crippen LogP contribution in [0.5, 0.6) is 5.75 Å². The summed E-state index contributed by atoms with van der Waals surface area (Å²) in [4.78, 5) is 37.7. The van der Waals surface area contributed by atoms with Crippen LogP contribution in [0.4, 0.5) is 4.79 Å². The first-order valence-corrected chi connectivity index (χ1v) is 14.9. The molecule has 9 nitrogen and oxygen atoms in total. The largest absolute Gasteiger partial charge is 0.489 e. The number of alkyl carbamates (subject to hydrolysis) is 1. The maximum absolute atomic E-state index is 12.9. The van der Waals surface area contributed by atoms with Gasteiger partial charge in [-0.2, -0.15) is 0 Å². The first-order valence-electron chi connectivity index (χ1n) is 14.9. The van der Waals surface area contributed by atoms with E-state index in [1.807, 2.05) is 69.3 Å². The molecule has 2 amide bonds. The van der Waals surface area contributed by atoms with Gasteiger partial charge in [0.1, 0.15) is 23.5 Å². The summed E-state index contributed by atoms with van der Waals surface area (Å²) in [6.45, 7) is 7.91. The fourth-order valence-electron chi connectivity index (χ4n) is 4.89. The van der Waals surface area contributed by atoms with E-state index in [-0.39, 0.29) is 25.0 Å². The minimum Gasteiger partial charge on any atom is -0.489 e. The molecule has 4 aromatic rings. The molecule has 0 bridgehead atoms. The number of para-hydroxylation sites is 1. The van der Waals surface area contributed by atoms with Crippen LogP contribution in [0.1, 0.15) is 63.3 Å². The minimum atomic E-state index is -0.969. The molecule has 0 spiro atoms. The van der Waals surface area contributed by atoms with Crippen molar-refractivity contribution in [1.29, 1.82) is 0 Å². The molecule has 5 rings (SSSR count). The molecule has 1 aliphatic carbocycles. The number of furan rings is 1. The fraction of sp³-hybridized carbons (Fsp3) is 0.343. The smallest absolute Gasteiger partial charge is 0.407 e. The van der Waals surface area contributed by atoms with Crippen molar-refractivity contribution in [2.45, 2.75) is 65.3 Å². The van der Waals surface area contributed by atoms with Gasteiger partial charge in [0.15, 0.2) is 6.04 Å². The molecule has 1 aliphatic rings. The Morgan fingerprint density at radius 2 is 1.77 bits per heavy atom. The normalized spacial score (nSPS) is 13.6. The third kappa shape index (κ3) is 7.78. The van der Waals surface area contributed by atoms with Gasteiger partial charge in [-0.1, -0.05) is 36.4 Å². The molecule has 2 N–H and O–H groups in total. The lowest BCUT2D eigenvalue weighted by molar-refractivity contribution is -0.147. The SMILES string of the molecule is CCOC(=O)[C@H](NC(=O)C1CC1)c1ccccc1OCc1cc(-c2cccc(CNC(=O)OC(C)(C)C)c2)c2occc2c1. The fourth-order valence-corrected chi connectivity index (χ4v) is 4.89. The quantitative estimate of drug-likeness (QED) is 0.182. The Morgan fingerprint density at radius 3 is 2.52 bits per heavy atom. The van der Waals surface area contributed by atoms with Gasteiger partial charge in [-0.3, -0.25) is 4.79 Å². The number of fused-ring (bicyclic) bond motifs is 1. The van der Waals surface area contributed by atoms with Crippen LogP contribution in [-0.2, 0) is 32.2 Å². The van der Waals surface area contributed by atoms with Crippen LogP contribution in [0.2, 0.25) is 0 Å². The summed E-state index contributed by atoms with van der Waals surface area (Å²) in [7, 11) is 0. The predicted octanol–water partition coefficient (Wildman–Crippen LogP) is 6.83. The summed E-state index contributed by atoms with van der Waals surface area (Å²) in [6.07, 6.45) is 2.81. The maximum atomic E-state index is 12.9. The van der Waals surface area contributed by atoms with Crippen LogP contribution < -0.4 is 15.4 Å². The number of hydrogen-bond acceptors (Lipinski definition) is 7. The second-order valence-corrected chi connectivity index (χ2v) is 11.8. The molecule has 0 unspecified atom stereocenters. The van der Waals surface area contributed by atoms with Crippen molar-refractivity contribution in [3.8, 4) is 16.9 Å². The van der Waals surface area contributed by atoms with Crippen LogP contribution in [0.15, 0.2) is 77.4 Å². The number of esters is 1. The summed E-state index contributed by atoms with van der Waals surface area (Å²) >= 11 is 0. The summed E-state index contributed by atoms with van der Waals surface area (Å²) in [6, 6.07) is 20.0. The maximum Gasteiger partial charge on any atom is 0.407 e. The van der Waals surface area contributed by atoms with Crippen LogP contribution in [0.3, 0.4) is 0 Å². The highest BCUT2D eigenvalue weighted by molar-refractivity contribution is 5.93. The molecule has 44 heavy (non-hydrogen) atoms. The lowest BCUT2D eigenvalue weighted by atomic mass is 9.99. The molecule has 1 aromatic heterocycles. The van der Waals surface area contributed by atoms with Gasteiger partial charge in [-0.25, -0.2) is 9.59 Å². The summed E-state index contributed by atoms with van der Waals surface area (Å²) in [5, 5.41) is 6.58. The van der Waals surface area contributed by atoms with Crippen molar-refractivity contribution in [3.63, 3.8) is 0 Å². The molecule has 230 valence electrons. The summed E-state index contributed by atoms with van der Waals surface area (Å²) in [5.74, 6) is -0.269. The molecule has 1 atom stereocenters. The van der Waals surface area contributed by atoms with Crippen molar-refractivity contribution < 1.29 is 33.0 Å². The van der Waals surface area contributed by atoms with Gasteiger partial charge < -0.3 is 29.3 Å². The van der Waals surface area contributed by atoms with Gasteiger partial charge in [0.2, 0.25) is 5.91 Å². The number of rotatable bonds is 11. The van der Waals surface area contributed by atoms with Gasteiger partial charge in [-0.05, 0) is 87.6 Å². The van der Waals surface area contributed by atoms with Crippen molar-refractivity contribution in [3.05, 3.63) is 89.7 Å². The highest BCUT2D eigenvalue weighted by Crippen LogP contribution is 2.34. The average molecular weight is 599 g/mol. The van der Waals surface area contributed by atoms with E-state index in [2.05, 4.69) is 10.6 Å². The number of amides is 2. The highest BCUT2D eigenvalue weighted by Gasteiger charge is 2.34. The van der Waals surface area contributed by atoms with Crippen molar-refractivity contribution in [2.75, 3.05) is 6.61 Å². The van der Waals surface area contributed by atoms with E-state index in [0.29, 0.717) is 17.9 Å². The minimum absolute atomic E-state index is 0.0632. The molecule has 0 saturated heterocycles. The zero-order chi connectivity index (χ0) is 31.3.